The molecule has 0 aliphatic rings. The van der Waals surface area contributed by atoms with Crippen molar-refractivity contribution in [1.82, 2.24) is 5.32 Å². The Morgan fingerprint density at radius 3 is 1.86 bits per heavy atom. The van der Waals surface area contributed by atoms with Crippen molar-refractivity contribution in [2.45, 2.75) is 70.4 Å². The summed E-state index contributed by atoms with van der Waals surface area (Å²) >= 11 is 0. The Balaban J connectivity index is 5.06. The molecule has 0 rings (SSSR count). The summed E-state index contributed by atoms with van der Waals surface area (Å²) in [5.74, 6) is -1.04. The lowest BCUT2D eigenvalue weighted by atomic mass is 9.87. The van der Waals surface area contributed by atoms with Gasteiger partial charge in [-0.25, -0.2) is 9.59 Å². The summed E-state index contributed by atoms with van der Waals surface area (Å²) in [4.78, 5) is 23.8. The van der Waals surface area contributed by atoms with Crippen molar-refractivity contribution >= 4 is 12.1 Å². The quantitative estimate of drug-likeness (QED) is 0.471. The maximum atomic E-state index is 12.0. The average molecular weight is 311 g/mol. The zero-order valence-electron chi connectivity index (χ0n) is 14.0. The Bertz CT molecular complexity index is 382. The highest BCUT2D eigenvalue weighted by atomic mass is 16.6. The van der Waals surface area contributed by atoms with Crippen LogP contribution in [0.4, 0.5) is 4.79 Å². The van der Waals surface area contributed by atoms with Gasteiger partial charge < -0.3 is 15.2 Å². The van der Waals surface area contributed by atoms with Gasteiger partial charge >= 0.3 is 12.1 Å². The Morgan fingerprint density at radius 2 is 1.55 bits per heavy atom. The van der Waals surface area contributed by atoms with Gasteiger partial charge in [0.05, 0.1) is 0 Å². The highest BCUT2D eigenvalue weighted by Crippen LogP contribution is 2.23. The molecule has 2 N–H and O–H groups in total. The van der Waals surface area contributed by atoms with Crippen LogP contribution in [-0.2, 0) is 9.53 Å². The number of carboxylic acid groups (broad SMARTS) is 1. The number of carbonyl (C=O) groups excluding carboxylic acids is 1. The Labute approximate surface area is 133 Å². The van der Waals surface area contributed by atoms with Crippen molar-refractivity contribution < 1.29 is 19.4 Å². The predicted molar refractivity (Wildman–Crippen MR) is 87.8 cm³/mol. The number of rotatable bonds is 10. The zero-order chi connectivity index (χ0) is 17.2. The lowest BCUT2D eigenvalue weighted by molar-refractivity contribution is -0.145. The molecule has 0 fully saturated rings. The first-order valence-electron chi connectivity index (χ1n) is 7.63. The van der Waals surface area contributed by atoms with Crippen LogP contribution in [0, 0.1) is 0 Å². The number of allylic oxidation sites excluding steroid dienone is 2. The van der Waals surface area contributed by atoms with E-state index >= 15 is 0 Å². The molecule has 0 aromatic carbocycles. The highest BCUT2D eigenvalue weighted by Gasteiger charge is 2.40. The van der Waals surface area contributed by atoms with Gasteiger partial charge in [-0.2, -0.15) is 0 Å². The number of amides is 1. The van der Waals surface area contributed by atoms with E-state index in [1.807, 2.05) is 0 Å². The summed E-state index contributed by atoms with van der Waals surface area (Å²) in [5, 5.41) is 12.2. The van der Waals surface area contributed by atoms with Crippen LogP contribution in [0.1, 0.15) is 59.3 Å². The SMILES string of the molecule is C=CCCCC(CCCC=C)(NC(=O)OC(C)(C)C)C(=O)O. The number of unbranched alkanes of at least 4 members (excludes halogenated alkanes) is 2. The molecule has 1 amide bonds. The molecule has 0 saturated carbocycles. The minimum absolute atomic E-state index is 0.338. The number of carboxylic acids is 1. The van der Waals surface area contributed by atoms with Gasteiger partial charge in [0.15, 0.2) is 0 Å². The van der Waals surface area contributed by atoms with E-state index in [0.717, 1.165) is 0 Å². The van der Waals surface area contributed by atoms with E-state index in [-0.39, 0.29) is 0 Å². The molecule has 0 atom stereocenters. The molecule has 0 aliphatic heterocycles. The number of ether oxygens (including phenoxy) is 1. The summed E-state index contributed by atoms with van der Waals surface area (Å²) < 4.78 is 5.20. The zero-order valence-corrected chi connectivity index (χ0v) is 14.0. The average Bonchev–Trinajstić information content (AvgIpc) is 2.36. The molecule has 0 aromatic heterocycles. The summed E-state index contributed by atoms with van der Waals surface area (Å²) in [6, 6.07) is 0. The Morgan fingerprint density at radius 1 is 1.09 bits per heavy atom. The van der Waals surface area contributed by atoms with Crippen LogP contribution in [0.3, 0.4) is 0 Å². The van der Waals surface area contributed by atoms with E-state index in [9.17, 15) is 14.7 Å². The van der Waals surface area contributed by atoms with Crippen molar-refractivity contribution in [3.63, 3.8) is 0 Å². The van der Waals surface area contributed by atoms with Crippen LogP contribution in [0.25, 0.3) is 0 Å². The molecule has 0 bridgehead atoms. The maximum absolute atomic E-state index is 12.0. The molecule has 0 saturated heterocycles. The topological polar surface area (TPSA) is 75.6 Å². The number of alkyl carbamates (subject to hydrolysis) is 1. The van der Waals surface area contributed by atoms with Crippen molar-refractivity contribution in [3.05, 3.63) is 25.3 Å². The first kappa shape index (κ1) is 20.2. The van der Waals surface area contributed by atoms with Gasteiger partial charge in [0.25, 0.3) is 0 Å². The minimum Gasteiger partial charge on any atom is -0.480 e. The lowest BCUT2D eigenvalue weighted by Gasteiger charge is -2.32. The van der Waals surface area contributed by atoms with E-state index in [1.165, 1.54) is 0 Å². The number of hydrogen-bond acceptors (Lipinski definition) is 3. The fourth-order valence-electron chi connectivity index (χ4n) is 2.11. The first-order valence-corrected chi connectivity index (χ1v) is 7.63. The largest absolute Gasteiger partial charge is 0.480 e. The minimum atomic E-state index is -1.31. The number of carbonyl (C=O) groups is 2. The first-order chi connectivity index (χ1) is 10.2. The molecular formula is C17H29NO4. The standard InChI is InChI=1S/C17H29NO4/c1-6-8-10-12-17(14(19)20,13-11-9-7-2)18-15(21)22-16(3,4)5/h6-7H,1-2,8-13H2,3-5H3,(H,18,21)(H,19,20). The molecule has 5 nitrogen and oxygen atoms in total. The normalized spacial score (nSPS) is 11.6. The third kappa shape index (κ3) is 7.86. The molecular weight excluding hydrogens is 282 g/mol. The van der Waals surface area contributed by atoms with Gasteiger partial charge in [-0.1, -0.05) is 12.2 Å². The van der Waals surface area contributed by atoms with E-state index < -0.39 is 23.2 Å². The van der Waals surface area contributed by atoms with Crippen molar-refractivity contribution in [2.24, 2.45) is 0 Å². The van der Waals surface area contributed by atoms with Crippen molar-refractivity contribution in [3.8, 4) is 0 Å². The van der Waals surface area contributed by atoms with Crippen LogP contribution in [0.2, 0.25) is 0 Å². The van der Waals surface area contributed by atoms with Crippen LogP contribution in [0.5, 0.6) is 0 Å². The van der Waals surface area contributed by atoms with E-state index in [0.29, 0.717) is 38.5 Å². The van der Waals surface area contributed by atoms with Gasteiger partial charge in [-0.05, 0) is 59.3 Å². The maximum Gasteiger partial charge on any atom is 0.408 e. The lowest BCUT2D eigenvalue weighted by Crippen LogP contribution is -2.55. The molecule has 22 heavy (non-hydrogen) atoms. The number of hydrogen-bond donors (Lipinski definition) is 2. The van der Waals surface area contributed by atoms with Crippen LogP contribution in [-0.4, -0.2) is 28.3 Å². The van der Waals surface area contributed by atoms with Gasteiger partial charge in [0.1, 0.15) is 11.1 Å². The summed E-state index contributed by atoms with van der Waals surface area (Å²) in [7, 11) is 0. The summed E-state index contributed by atoms with van der Waals surface area (Å²) in [6.45, 7) is 12.5. The third-order valence-electron chi connectivity index (χ3n) is 3.17. The fourth-order valence-corrected chi connectivity index (χ4v) is 2.11. The molecule has 126 valence electrons. The van der Waals surface area contributed by atoms with Gasteiger partial charge in [-0.3, -0.25) is 0 Å². The predicted octanol–water partition coefficient (Wildman–Crippen LogP) is 4.05. The highest BCUT2D eigenvalue weighted by molar-refractivity contribution is 5.84. The van der Waals surface area contributed by atoms with Gasteiger partial charge in [-0.15, -0.1) is 13.2 Å². The fraction of sp³-hybridized carbons (Fsp3) is 0.647. The van der Waals surface area contributed by atoms with Crippen molar-refractivity contribution in [1.29, 1.82) is 0 Å². The van der Waals surface area contributed by atoms with Gasteiger partial charge in [0, 0.05) is 0 Å². The molecule has 0 radical (unpaired) electrons. The molecule has 5 heteroatoms. The van der Waals surface area contributed by atoms with Crippen LogP contribution < -0.4 is 5.32 Å². The Kier molecular flexibility index (Phi) is 8.53. The monoisotopic (exact) mass is 311 g/mol. The second-order valence-corrected chi connectivity index (χ2v) is 6.38. The van der Waals surface area contributed by atoms with E-state index in [2.05, 4.69) is 18.5 Å². The number of aliphatic carboxylic acids is 1. The molecule has 0 spiro atoms. The van der Waals surface area contributed by atoms with E-state index in [4.69, 9.17) is 4.74 Å². The molecule has 0 aromatic rings. The van der Waals surface area contributed by atoms with Crippen molar-refractivity contribution in [2.75, 3.05) is 0 Å². The van der Waals surface area contributed by atoms with Crippen LogP contribution >= 0.6 is 0 Å². The molecule has 0 heterocycles. The van der Waals surface area contributed by atoms with E-state index in [1.54, 1.807) is 32.9 Å². The molecule has 0 unspecified atom stereocenters. The summed E-state index contributed by atoms with van der Waals surface area (Å²) in [5.41, 5.74) is -1.98. The summed E-state index contributed by atoms with van der Waals surface area (Å²) in [6.07, 6.45) is 6.13. The number of nitrogens with one attached hydrogen (secondary N) is 1. The van der Waals surface area contributed by atoms with Gasteiger partial charge in [0.2, 0.25) is 0 Å². The second kappa shape index (κ2) is 9.28. The van der Waals surface area contributed by atoms with Crippen LogP contribution in [0.15, 0.2) is 25.3 Å². The second-order valence-electron chi connectivity index (χ2n) is 6.38. The Hall–Kier alpha value is -1.78. The smallest absolute Gasteiger partial charge is 0.408 e. The third-order valence-corrected chi connectivity index (χ3v) is 3.17. The molecule has 0 aliphatic carbocycles.